The summed E-state index contributed by atoms with van der Waals surface area (Å²) in [5, 5.41) is 22.9. The van der Waals surface area contributed by atoms with E-state index in [0.29, 0.717) is 39.0 Å². The molecule has 2 aliphatic rings. The number of fused-ring (bicyclic) bond motifs is 4. The summed E-state index contributed by atoms with van der Waals surface area (Å²) < 4.78 is 1.81. The molecule has 186 valence electrons. The van der Waals surface area contributed by atoms with Crippen molar-refractivity contribution in [2.75, 3.05) is 10.6 Å². The van der Waals surface area contributed by atoms with E-state index in [1.807, 2.05) is 95.7 Å². The van der Waals surface area contributed by atoms with Gasteiger partial charge in [0.2, 0.25) is 5.91 Å². The van der Waals surface area contributed by atoms with Crippen molar-refractivity contribution in [3.63, 3.8) is 0 Å². The van der Waals surface area contributed by atoms with Gasteiger partial charge in [-0.2, -0.15) is 10.4 Å². The first kappa shape index (κ1) is 23.0. The second-order valence-electron chi connectivity index (χ2n) is 9.43. The molecule has 0 saturated carbocycles. The number of hydrogen-bond acceptors (Lipinski definition) is 4. The van der Waals surface area contributed by atoms with E-state index in [0.717, 1.165) is 16.8 Å². The van der Waals surface area contributed by atoms with E-state index in [-0.39, 0.29) is 11.5 Å². The maximum absolute atomic E-state index is 14.4. The lowest BCUT2D eigenvalue weighted by atomic mass is 9.66. The average Bonchev–Trinajstić information content (AvgIpc) is 3.50. The monoisotopic (exact) mass is 525 g/mol. The van der Waals surface area contributed by atoms with Crippen LogP contribution in [0.5, 0.6) is 0 Å². The summed E-state index contributed by atoms with van der Waals surface area (Å²) in [6.45, 7) is 0. The molecule has 4 aromatic carbocycles. The molecule has 1 spiro atoms. The Morgan fingerprint density at radius 2 is 1.46 bits per heavy atom. The molecule has 5 aromatic rings. The van der Waals surface area contributed by atoms with Crippen LogP contribution in [0.2, 0.25) is 5.02 Å². The number of nitriles is 1. The third-order valence-corrected chi connectivity index (χ3v) is 7.56. The Morgan fingerprint density at radius 3 is 2.13 bits per heavy atom. The van der Waals surface area contributed by atoms with Gasteiger partial charge >= 0.3 is 0 Å². The van der Waals surface area contributed by atoms with Gasteiger partial charge in [0.05, 0.1) is 28.7 Å². The smallest absolute Gasteiger partial charge is 0.245 e. The average molecular weight is 526 g/mol. The minimum absolute atomic E-state index is 0.282. The van der Waals surface area contributed by atoms with Crippen molar-refractivity contribution in [1.82, 2.24) is 9.78 Å². The highest BCUT2D eigenvalue weighted by molar-refractivity contribution is 6.31. The number of carbonyl (C=O) groups is 1. The summed E-state index contributed by atoms with van der Waals surface area (Å²) in [6.07, 6.45) is 0. The molecule has 6 nitrogen and oxygen atoms in total. The highest BCUT2D eigenvalue weighted by atomic mass is 35.5. The lowest BCUT2D eigenvalue weighted by molar-refractivity contribution is -0.118. The number of aromatic nitrogens is 2. The standard InChI is InChI=1S/C32H20ClN5O/c33-22-16-17-26-24(18-22)32(31(39)35-26)25(19-34)28(20-10-4-1-5-11-20)36-30-27(32)29(21-12-6-2-7-13-21)37-38(30)23-14-8-3-9-15-23/h1-18,36H,(H,35,39)/t32-/m0/s1. The fourth-order valence-electron chi connectivity index (χ4n) is 5.67. The van der Waals surface area contributed by atoms with Crippen molar-refractivity contribution < 1.29 is 4.79 Å². The molecule has 7 heteroatoms. The van der Waals surface area contributed by atoms with Gasteiger partial charge in [-0.05, 0) is 35.9 Å². The van der Waals surface area contributed by atoms with Crippen LogP contribution in [0.3, 0.4) is 0 Å². The Hall–Kier alpha value is -5.12. The molecule has 1 atom stereocenters. The van der Waals surface area contributed by atoms with Crippen LogP contribution in [0.15, 0.2) is 115 Å². The Balaban J connectivity index is 1.67. The van der Waals surface area contributed by atoms with Gasteiger partial charge in [-0.1, -0.05) is 90.5 Å². The number of nitrogens with one attached hydrogen (secondary N) is 2. The van der Waals surface area contributed by atoms with Crippen LogP contribution >= 0.6 is 11.6 Å². The largest absolute Gasteiger partial charge is 0.338 e. The van der Waals surface area contributed by atoms with Crippen LogP contribution in [-0.2, 0) is 10.2 Å². The predicted molar refractivity (Wildman–Crippen MR) is 152 cm³/mol. The minimum Gasteiger partial charge on any atom is -0.338 e. The molecule has 7 rings (SSSR count). The lowest BCUT2D eigenvalue weighted by Crippen LogP contribution is -2.41. The first-order chi connectivity index (χ1) is 19.1. The van der Waals surface area contributed by atoms with Crippen molar-refractivity contribution in [2.24, 2.45) is 0 Å². The zero-order chi connectivity index (χ0) is 26.6. The predicted octanol–water partition coefficient (Wildman–Crippen LogP) is 6.79. The third-order valence-electron chi connectivity index (χ3n) is 7.33. The molecule has 39 heavy (non-hydrogen) atoms. The third kappa shape index (κ3) is 3.27. The number of nitrogens with zero attached hydrogens (tertiary/aromatic N) is 3. The van der Waals surface area contributed by atoms with Crippen LogP contribution < -0.4 is 10.6 Å². The number of anilines is 2. The maximum atomic E-state index is 14.4. The van der Waals surface area contributed by atoms with E-state index < -0.39 is 5.41 Å². The summed E-state index contributed by atoms with van der Waals surface area (Å²) in [5.74, 6) is 0.290. The molecule has 0 bridgehead atoms. The summed E-state index contributed by atoms with van der Waals surface area (Å²) in [4.78, 5) is 14.4. The van der Waals surface area contributed by atoms with Gasteiger partial charge in [0.25, 0.3) is 0 Å². The van der Waals surface area contributed by atoms with Gasteiger partial charge < -0.3 is 10.6 Å². The molecular formula is C32H20ClN5O. The van der Waals surface area contributed by atoms with E-state index in [1.165, 1.54) is 0 Å². The highest BCUT2D eigenvalue weighted by Gasteiger charge is 2.58. The summed E-state index contributed by atoms with van der Waals surface area (Å²) in [6, 6.07) is 36.8. The summed E-state index contributed by atoms with van der Waals surface area (Å²) in [5.41, 5.74) is 4.21. The quantitative estimate of drug-likeness (QED) is 0.271. The molecule has 2 N–H and O–H groups in total. The Kier molecular flexibility index (Phi) is 5.15. The molecule has 0 aliphatic carbocycles. The molecule has 1 aromatic heterocycles. The fourth-order valence-corrected chi connectivity index (χ4v) is 5.84. The van der Waals surface area contributed by atoms with Gasteiger partial charge in [-0.25, -0.2) is 4.68 Å². The zero-order valence-electron chi connectivity index (χ0n) is 20.5. The summed E-state index contributed by atoms with van der Waals surface area (Å²) >= 11 is 6.53. The summed E-state index contributed by atoms with van der Waals surface area (Å²) in [7, 11) is 0. The SMILES string of the molecule is N#CC1=C(c2ccccc2)Nc2c(c(-c3ccccc3)nn2-c2ccccc2)[C@@]12C(=O)Nc1ccc(Cl)cc12. The topological polar surface area (TPSA) is 82.7 Å². The minimum atomic E-state index is -1.49. The van der Waals surface area contributed by atoms with Crippen molar-refractivity contribution in [3.8, 4) is 23.0 Å². The van der Waals surface area contributed by atoms with Gasteiger partial charge in [-0.15, -0.1) is 0 Å². The molecule has 0 radical (unpaired) electrons. The van der Waals surface area contributed by atoms with Gasteiger partial charge in [0.1, 0.15) is 11.2 Å². The highest BCUT2D eigenvalue weighted by Crippen LogP contribution is 2.57. The van der Waals surface area contributed by atoms with Crippen LogP contribution in [0.1, 0.15) is 16.7 Å². The molecular weight excluding hydrogens is 506 g/mol. The van der Waals surface area contributed by atoms with Crippen LogP contribution in [0, 0.1) is 11.3 Å². The number of para-hydroxylation sites is 1. The number of amides is 1. The van der Waals surface area contributed by atoms with Gasteiger partial charge in [0, 0.05) is 27.4 Å². The Labute approximate surface area is 229 Å². The fraction of sp³-hybridized carbons (Fsp3) is 0.0312. The molecule has 1 amide bonds. The van der Waals surface area contributed by atoms with Crippen LogP contribution in [0.4, 0.5) is 11.5 Å². The van der Waals surface area contributed by atoms with E-state index in [2.05, 4.69) is 16.7 Å². The molecule has 0 saturated heterocycles. The second kappa shape index (κ2) is 8.73. The van der Waals surface area contributed by atoms with E-state index in [1.54, 1.807) is 18.2 Å². The van der Waals surface area contributed by atoms with Crippen molar-refractivity contribution in [2.45, 2.75) is 5.41 Å². The first-order valence-electron chi connectivity index (χ1n) is 12.5. The van der Waals surface area contributed by atoms with E-state index in [4.69, 9.17) is 16.7 Å². The Bertz CT molecular complexity index is 1840. The number of hydrogen-bond donors (Lipinski definition) is 2. The second-order valence-corrected chi connectivity index (χ2v) is 9.87. The van der Waals surface area contributed by atoms with Crippen LogP contribution in [0.25, 0.3) is 22.6 Å². The molecule has 0 unspecified atom stereocenters. The van der Waals surface area contributed by atoms with Crippen molar-refractivity contribution >= 4 is 34.7 Å². The zero-order valence-corrected chi connectivity index (χ0v) is 21.3. The van der Waals surface area contributed by atoms with E-state index in [9.17, 15) is 10.1 Å². The van der Waals surface area contributed by atoms with E-state index >= 15 is 0 Å². The molecule has 3 heterocycles. The normalized spacial score (nSPS) is 17.3. The van der Waals surface area contributed by atoms with Gasteiger partial charge in [0.15, 0.2) is 0 Å². The van der Waals surface area contributed by atoms with Crippen molar-refractivity contribution in [1.29, 1.82) is 5.26 Å². The van der Waals surface area contributed by atoms with Gasteiger partial charge in [-0.3, -0.25) is 4.79 Å². The van der Waals surface area contributed by atoms with Crippen LogP contribution in [-0.4, -0.2) is 15.7 Å². The molecule has 2 aliphatic heterocycles. The number of benzene rings is 4. The Morgan fingerprint density at radius 1 is 0.821 bits per heavy atom. The van der Waals surface area contributed by atoms with Crippen molar-refractivity contribution in [3.05, 3.63) is 136 Å². The first-order valence-corrected chi connectivity index (χ1v) is 12.8. The lowest BCUT2D eigenvalue weighted by Gasteiger charge is -2.35. The maximum Gasteiger partial charge on any atom is 0.245 e. The molecule has 0 fully saturated rings. The number of carbonyl (C=O) groups excluding carboxylic acids is 1. The number of halogens is 1. The number of rotatable bonds is 3.